The monoisotopic (exact) mass is 287 g/mol. The lowest BCUT2D eigenvalue weighted by atomic mass is 9.97. The number of methoxy groups -OCH3 is 1. The molecule has 114 valence electrons. The lowest BCUT2D eigenvalue weighted by molar-refractivity contribution is 0.0988. The highest BCUT2D eigenvalue weighted by Crippen LogP contribution is 2.26. The Hall–Kier alpha value is -1.77. The lowest BCUT2D eigenvalue weighted by Gasteiger charge is -2.15. The van der Waals surface area contributed by atoms with Gasteiger partial charge in [-0.25, -0.2) is 0 Å². The first-order chi connectivity index (χ1) is 10.0. The van der Waals surface area contributed by atoms with Crippen LogP contribution in [0.4, 0.5) is 0 Å². The topological polar surface area (TPSA) is 29.5 Å². The number of hydrogen-bond acceptors (Lipinski definition) is 3. The number of ketones is 1. The van der Waals surface area contributed by atoms with Crippen molar-refractivity contribution in [2.45, 2.75) is 33.1 Å². The third-order valence-corrected chi connectivity index (χ3v) is 4.30. The second-order valence-corrected chi connectivity index (χ2v) is 5.79. The SMILES string of the molecule is CCC(=O)c1ccc(CC[C@@H]2C=C(C)N(C)C2)c(OC)c1. The fraction of sp³-hybridized carbons (Fsp3) is 0.500. The Balaban J connectivity index is 2.05. The Bertz CT molecular complexity index is 548. The predicted molar refractivity (Wildman–Crippen MR) is 85.8 cm³/mol. The summed E-state index contributed by atoms with van der Waals surface area (Å²) in [6.07, 6.45) is 4.97. The summed E-state index contributed by atoms with van der Waals surface area (Å²) in [6.45, 7) is 5.14. The Kier molecular flexibility index (Phi) is 5.05. The van der Waals surface area contributed by atoms with E-state index in [9.17, 15) is 4.79 Å². The van der Waals surface area contributed by atoms with Crippen molar-refractivity contribution in [2.24, 2.45) is 5.92 Å². The molecule has 0 aliphatic carbocycles. The van der Waals surface area contributed by atoms with Crippen molar-refractivity contribution in [3.05, 3.63) is 41.1 Å². The van der Waals surface area contributed by atoms with Gasteiger partial charge in [0.1, 0.15) is 5.75 Å². The molecule has 3 heteroatoms. The van der Waals surface area contributed by atoms with Crippen LogP contribution in [0.5, 0.6) is 5.75 Å². The van der Waals surface area contributed by atoms with E-state index < -0.39 is 0 Å². The van der Waals surface area contributed by atoms with Gasteiger partial charge >= 0.3 is 0 Å². The van der Waals surface area contributed by atoms with Gasteiger partial charge in [-0.05, 0) is 37.3 Å². The van der Waals surface area contributed by atoms with Crippen molar-refractivity contribution in [3.8, 4) is 5.75 Å². The minimum absolute atomic E-state index is 0.163. The Morgan fingerprint density at radius 3 is 2.76 bits per heavy atom. The number of allylic oxidation sites excluding steroid dienone is 1. The smallest absolute Gasteiger partial charge is 0.162 e. The standard InChI is InChI=1S/C18H25NO2/c1-5-17(20)16-9-8-15(18(11-16)21-4)7-6-14-10-13(2)19(3)12-14/h8-11,14H,5-7,12H2,1-4H3/t14-/m1/s1. The molecule has 1 aliphatic rings. The molecule has 0 unspecified atom stereocenters. The molecule has 0 N–H and O–H groups in total. The van der Waals surface area contributed by atoms with Gasteiger partial charge in [-0.3, -0.25) is 4.79 Å². The average Bonchev–Trinajstić information content (AvgIpc) is 2.82. The summed E-state index contributed by atoms with van der Waals surface area (Å²) in [5, 5.41) is 0. The van der Waals surface area contributed by atoms with Crippen LogP contribution >= 0.6 is 0 Å². The van der Waals surface area contributed by atoms with Crippen LogP contribution in [0.2, 0.25) is 0 Å². The van der Waals surface area contributed by atoms with E-state index in [0.29, 0.717) is 12.3 Å². The molecule has 0 aromatic heterocycles. The van der Waals surface area contributed by atoms with Crippen molar-refractivity contribution in [2.75, 3.05) is 20.7 Å². The number of benzene rings is 1. The van der Waals surface area contributed by atoms with Crippen LogP contribution in [-0.2, 0) is 6.42 Å². The van der Waals surface area contributed by atoms with E-state index in [0.717, 1.165) is 30.7 Å². The number of aryl methyl sites for hydroxylation is 1. The van der Waals surface area contributed by atoms with E-state index in [1.807, 2.05) is 25.1 Å². The number of hydrogen-bond donors (Lipinski definition) is 0. The number of carbonyl (C=O) groups excluding carboxylic acids is 1. The number of carbonyl (C=O) groups is 1. The van der Waals surface area contributed by atoms with Crippen LogP contribution in [0.1, 0.15) is 42.6 Å². The maximum absolute atomic E-state index is 11.8. The summed E-state index contributed by atoms with van der Waals surface area (Å²) in [5.41, 5.74) is 3.29. The first-order valence-corrected chi connectivity index (χ1v) is 7.64. The van der Waals surface area contributed by atoms with Crippen LogP contribution in [0.25, 0.3) is 0 Å². The zero-order chi connectivity index (χ0) is 15.4. The Morgan fingerprint density at radius 2 is 2.19 bits per heavy atom. The molecule has 1 aromatic rings. The van der Waals surface area contributed by atoms with E-state index in [1.54, 1.807) is 7.11 Å². The molecule has 0 amide bonds. The van der Waals surface area contributed by atoms with Crippen LogP contribution in [0.3, 0.4) is 0 Å². The zero-order valence-electron chi connectivity index (χ0n) is 13.5. The first-order valence-electron chi connectivity index (χ1n) is 7.64. The number of ether oxygens (including phenoxy) is 1. The van der Waals surface area contributed by atoms with Gasteiger partial charge in [0.2, 0.25) is 0 Å². The van der Waals surface area contributed by atoms with Crippen molar-refractivity contribution >= 4 is 5.78 Å². The van der Waals surface area contributed by atoms with Crippen molar-refractivity contribution in [3.63, 3.8) is 0 Å². The van der Waals surface area contributed by atoms with Crippen molar-refractivity contribution in [1.82, 2.24) is 4.90 Å². The second kappa shape index (κ2) is 6.79. The lowest BCUT2D eigenvalue weighted by Crippen LogP contribution is -2.15. The van der Waals surface area contributed by atoms with E-state index in [4.69, 9.17) is 4.74 Å². The summed E-state index contributed by atoms with van der Waals surface area (Å²) < 4.78 is 5.46. The number of Topliss-reactive ketones (excluding diaryl/α,β-unsaturated/α-hetero) is 1. The molecule has 0 radical (unpaired) electrons. The van der Waals surface area contributed by atoms with Crippen LogP contribution < -0.4 is 4.74 Å². The van der Waals surface area contributed by atoms with Crippen molar-refractivity contribution < 1.29 is 9.53 Å². The Morgan fingerprint density at radius 1 is 1.43 bits per heavy atom. The second-order valence-electron chi connectivity index (χ2n) is 5.79. The number of rotatable bonds is 6. The first kappa shape index (κ1) is 15.6. The van der Waals surface area contributed by atoms with Gasteiger partial charge in [0.25, 0.3) is 0 Å². The van der Waals surface area contributed by atoms with Crippen LogP contribution in [0.15, 0.2) is 30.0 Å². The van der Waals surface area contributed by atoms with E-state index >= 15 is 0 Å². The summed E-state index contributed by atoms with van der Waals surface area (Å²) in [5.74, 6) is 1.61. The molecular weight excluding hydrogens is 262 g/mol. The highest BCUT2D eigenvalue weighted by atomic mass is 16.5. The molecule has 21 heavy (non-hydrogen) atoms. The molecule has 1 heterocycles. The molecule has 3 nitrogen and oxygen atoms in total. The van der Waals surface area contributed by atoms with Crippen LogP contribution in [0, 0.1) is 5.92 Å². The fourth-order valence-electron chi connectivity index (χ4n) is 2.86. The van der Waals surface area contributed by atoms with E-state index in [-0.39, 0.29) is 5.78 Å². The molecule has 0 saturated carbocycles. The molecule has 1 atom stereocenters. The highest BCUT2D eigenvalue weighted by Gasteiger charge is 2.18. The molecule has 0 bridgehead atoms. The normalized spacial score (nSPS) is 17.8. The minimum Gasteiger partial charge on any atom is -0.496 e. The van der Waals surface area contributed by atoms with Crippen LogP contribution in [-0.4, -0.2) is 31.4 Å². The zero-order valence-corrected chi connectivity index (χ0v) is 13.5. The van der Waals surface area contributed by atoms with Gasteiger partial charge in [-0.15, -0.1) is 0 Å². The van der Waals surface area contributed by atoms with Gasteiger partial charge in [-0.2, -0.15) is 0 Å². The minimum atomic E-state index is 0.163. The molecular formula is C18H25NO2. The molecule has 1 aliphatic heterocycles. The third-order valence-electron chi connectivity index (χ3n) is 4.30. The van der Waals surface area contributed by atoms with Gasteiger partial charge in [0.05, 0.1) is 7.11 Å². The molecule has 1 aromatic carbocycles. The summed E-state index contributed by atoms with van der Waals surface area (Å²) in [7, 11) is 3.81. The quantitative estimate of drug-likeness (QED) is 0.747. The summed E-state index contributed by atoms with van der Waals surface area (Å²) >= 11 is 0. The van der Waals surface area contributed by atoms with Crippen molar-refractivity contribution in [1.29, 1.82) is 0 Å². The van der Waals surface area contributed by atoms with E-state index in [1.165, 1.54) is 11.3 Å². The molecule has 2 rings (SSSR count). The maximum atomic E-state index is 11.8. The van der Waals surface area contributed by atoms with E-state index in [2.05, 4.69) is 24.9 Å². The molecule has 0 fully saturated rings. The molecule has 0 spiro atoms. The van der Waals surface area contributed by atoms with Gasteiger partial charge in [0.15, 0.2) is 5.78 Å². The third kappa shape index (κ3) is 3.66. The van der Waals surface area contributed by atoms with Gasteiger partial charge < -0.3 is 9.64 Å². The molecule has 0 saturated heterocycles. The summed E-state index contributed by atoms with van der Waals surface area (Å²) in [4.78, 5) is 14.1. The highest BCUT2D eigenvalue weighted by molar-refractivity contribution is 5.96. The Labute approximate surface area is 127 Å². The largest absolute Gasteiger partial charge is 0.496 e. The van der Waals surface area contributed by atoms with Gasteiger partial charge in [0, 0.05) is 31.3 Å². The number of nitrogens with zero attached hydrogens (tertiary/aromatic N) is 1. The predicted octanol–water partition coefficient (Wildman–Crippen LogP) is 3.69. The average molecular weight is 287 g/mol. The fourth-order valence-corrected chi connectivity index (χ4v) is 2.86. The maximum Gasteiger partial charge on any atom is 0.162 e. The van der Waals surface area contributed by atoms with Gasteiger partial charge in [-0.1, -0.05) is 25.1 Å². The summed E-state index contributed by atoms with van der Waals surface area (Å²) in [6, 6.07) is 5.84.